The quantitative estimate of drug-likeness (QED) is 0.929. The second-order valence-electron chi connectivity index (χ2n) is 4.52. The average Bonchev–Trinajstić information content (AvgIpc) is 2.46. The van der Waals surface area contributed by atoms with Crippen LogP contribution < -0.4 is 4.90 Å². The number of anilines is 1. The van der Waals surface area contributed by atoms with Crippen LogP contribution in [0.25, 0.3) is 0 Å². The van der Waals surface area contributed by atoms with Crippen LogP contribution in [0.15, 0.2) is 42.6 Å². The number of halogens is 1. The van der Waals surface area contributed by atoms with Crippen LogP contribution in [-0.4, -0.2) is 17.1 Å². The van der Waals surface area contributed by atoms with E-state index in [4.69, 9.17) is 16.7 Å². The molecule has 0 bridgehead atoms. The lowest BCUT2D eigenvalue weighted by Gasteiger charge is -2.26. The number of nitrogens with zero attached hydrogens (tertiary/aromatic N) is 2. The van der Waals surface area contributed by atoms with E-state index >= 15 is 0 Å². The van der Waals surface area contributed by atoms with Gasteiger partial charge in [-0.1, -0.05) is 23.7 Å². The van der Waals surface area contributed by atoms with Crippen molar-refractivity contribution in [3.63, 3.8) is 0 Å². The molecule has 19 heavy (non-hydrogen) atoms. The van der Waals surface area contributed by atoms with Gasteiger partial charge in [0.1, 0.15) is 5.82 Å². The summed E-state index contributed by atoms with van der Waals surface area (Å²) in [5.41, 5.74) is 2.03. The van der Waals surface area contributed by atoms with E-state index in [0.29, 0.717) is 0 Å². The topological polar surface area (TPSA) is 36.4 Å². The number of benzene rings is 1. The summed E-state index contributed by atoms with van der Waals surface area (Å²) in [7, 11) is 1.99. The number of pyridine rings is 1. The molecule has 0 amide bonds. The maximum atomic E-state index is 9.17. The normalized spacial score (nSPS) is 12.2. The van der Waals surface area contributed by atoms with Gasteiger partial charge in [-0.3, -0.25) is 0 Å². The summed E-state index contributed by atoms with van der Waals surface area (Å²) in [6.45, 7) is 2.13. The first kappa shape index (κ1) is 13.8. The van der Waals surface area contributed by atoms with E-state index in [1.165, 1.54) is 5.56 Å². The van der Waals surface area contributed by atoms with Crippen LogP contribution in [0.5, 0.6) is 0 Å². The molecule has 4 heteroatoms. The predicted molar refractivity (Wildman–Crippen MR) is 78.4 cm³/mol. The van der Waals surface area contributed by atoms with Crippen molar-refractivity contribution in [1.82, 2.24) is 4.98 Å². The Balaban J connectivity index is 2.22. The zero-order chi connectivity index (χ0) is 13.8. The van der Waals surface area contributed by atoms with Gasteiger partial charge in [0.25, 0.3) is 0 Å². The van der Waals surface area contributed by atoms with Gasteiger partial charge in [0, 0.05) is 18.3 Å². The minimum absolute atomic E-state index is 0.0265. The minimum atomic E-state index is 0.0265. The zero-order valence-electron chi connectivity index (χ0n) is 11.0. The van der Waals surface area contributed by atoms with Crippen LogP contribution in [0.2, 0.25) is 5.02 Å². The third-order valence-electron chi connectivity index (χ3n) is 3.29. The number of aliphatic hydroxyl groups is 1. The number of hydrogen-bond acceptors (Lipinski definition) is 3. The Bertz CT molecular complexity index is 542. The Morgan fingerprint density at radius 3 is 2.58 bits per heavy atom. The average molecular weight is 277 g/mol. The number of aliphatic hydroxyl groups excluding tert-OH is 1. The first-order valence-corrected chi connectivity index (χ1v) is 6.53. The largest absolute Gasteiger partial charge is 0.392 e. The molecule has 0 saturated heterocycles. The molecular weight excluding hydrogens is 260 g/mol. The molecule has 0 radical (unpaired) electrons. The summed E-state index contributed by atoms with van der Waals surface area (Å²) >= 11 is 5.90. The van der Waals surface area contributed by atoms with Crippen molar-refractivity contribution in [2.75, 3.05) is 11.9 Å². The van der Waals surface area contributed by atoms with Crippen molar-refractivity contribution >= 4 is 17.4 Å². The van der Waals surface area contributed by atoms with E-state index in [0.717, 1.165) is 16.4 Å². The maximum Gasteiger partial charge on any atom is 0.129 e. The van der Waals surface area contributed by atoms with Gasteiger partial charge in [0.15, 0.2) is 0 Å². The molecule has 0 aliphatic rings. The van der Waals surface area contributed by atoms with Crippen LogP contribution in [0.1, 0.15) is 24.1 Å². The first-order chi connectivity index (χ1) is 9.11. The molecule has 1 N–H and O–H groups in total. The molecule has 0 spiro atoms. The summed E-state index contributed by atoms with van der Waals surface area (Å²) in [5.74, 6) is 0.842. The monoisotopic (exact) mass is 276 g/mol. The van der Waals surface area contributed by atoms with Crippen LogP contribution in [0.3, 0.4) is 0 Å². The summed E-state index contributed by atoms with van der Waals surface area (Å²) in [5, 5.41) is 9.90. The molecule has 0 aliphatic carbocycles. The lowest BCUT2D eigenvalue weighted by atomic mass is 10.1. The van der Waals surface area contributed by atoms with Crippen LogP contribution in [-0.2, 0) is 6.61 Å². The first-order valence-electron chi connectivity index (χ1n) is 6.16. The van der Waals surface area contributed by atoms with E-state index in [1.807, 2.05) is 43.4 Å². The van der Waals surface area contributed by atoms with Gasteiger partial charge in [-0.25, -0.2) is 4.98 Å². The van der Waals surface area contributed by atoms with Gasteiger partial charge in [-0.2, -0.15) is 0 Å². The van der Waals surface area contributed by atoms with E-state index < -0.39 is 0 Å². The van der Waals surface area contributed by atoms with Crippen molar-refractivity contribution in [2.24, 2.45) is 0 Å². The Morgan fingerprint density at radius 2 is 1.95 bits per heavy atom. The molecule has 1 atom stereocenters. The molecule has 1 heterocycles. The molecule has 3 nitrogen and oxygen atoms in total. The van der Waals surface area contributed by atoms with Gasteiger partial charge in [0.2, 0.25) is 0 Å². The number of rotatable bonds is 4. The summed E-state index contributed by atoms with van der Waals surface area (Å²) in [6, 6.07) is 11.7. The summed E-state index contributed by atoms with van der Waals surface area (Å²) in [4.78, 5) is 6.41. The van der Waals surface area contributed by atoms with E-state index in [9.17, 15) is 0 Å². The Morgan fingerprint density at radius 1 is 1.26 bits per heavy atom. The Labute approximate surface area is 118 Å². The molecule has 0 aliphatic heterocycles. The molecular formula is C15H17ClN2O. The summed E-state index contributed by atoms with van der Waals surface area (Å²) < 4.78 is 0. The van der Waals surface area contributed by atoms with Gasteiger partial charge < -0.3 is 10.0 Å². The van der Waals surface area contributed by atoms with Gasteiger partial charge >= 0.3 is 0 Å². The highest BCUT2D eigenvalue weighted by Gasteiger charge is 2.13. The lowest BCUT2D eigenvalue weighted by Crippen LogP contribution is -2.22. The highest BCUT2D eigenvalue weighted by Crippen LogP contribution is 2.25. The van der Waals surface area contributed by atoms with Crippen molar-refractivity contribution < 1.29 is 5.11 Å². The molecule has 0 saturated carbocycles. The standard InChI is InChI=1S/C15H17ClN2O/c1-11(13-3-5-14(16)6-4-13)18(2)15-9-12(10-19)7-8-17-15/h3-9,11,19H,10H2,1-2H3. The van der Waals surface area contributed by atoms with E-state index in [2.05, 4.69) is 16.8 Å². The molecule has 100 valence electrons. The number of hydrogen-bond donors (Lipinski definition) is 1. The van der Waals surface area contributed by atoms with Crippen molar-refractivity contribution in [3.05, 3.63) is 58.7 Å². The maximum absolute atomic E-state index is 9.17. The minimum Gasteiger partial charge on any atom is -0.392 e. The predicted octanol–water partition coefficient (Wildman–Crippen LogP) is 3.42. The third-order valence-corrected chi connectivity index (χ3v) is 3.54. The van der Waals surface area contributed by atoms with Crippen LogP contribution >= 0.6 is 11.6 Å². The molecule has 1 aromatic heterocycles. The van der Waals surface area contributed by atoms with E-state index in [1.54, 1.807) is 6.20 Å². The molecule has 0 fully saturated rings. The zero-order valence-corrected chi connectivity index (χ0v) is 11.8. The van der Waals surface area contributed by atoms with Crippen LogP contribution in [0, 0.1) is 0 Å². The summed E-state index contributed by atoms with van der Waals surface area (Å²) in [6.07, 6.45) is 1.71. The van der Waals surface area contributed by atoms with Gasteiger partial charge in [-0.15, -0.1) is 0 Å². The van der Waals surface area contributed by atoms with Crippen molar-refractivity contribution in [3.8, 4) is 0 Å². The van der Waals surface area contributed by atoms with Gasteiger partial charge in [0.05, 0.1) is 12.6 Å². The highest BCUT2D eigenvalue weighted by atomic mass is 35.5. The second kappa shape index (κ2) is 6.04. The van der Waals surface area contributed by atoms with E-state index in [-0.39, 0.29) is 12.6 Å². The molecule has 1 aromatic carbocycles. The highest BCUT2D eigenvalue weighted by molar-refractivity contribution is 6.30. The van der Waals surface area contributed by atoms with Crippen molar-refractivity contribution in [1.29, 1.82) is 0 Å². The molecule has 1 unspecified atom stereocenters. The fraction of sp³-hybridized carbons (Fsp3) is 0.267. The SMILES string of the molecule is CC(c1ccc(Cl)cc1)N(C)c1cc(CO)ccn1. The fourth-order valence-corrected chi connectivity index (χ4v) is 2.04. The number of aromatic nitrogens is 1. The second-order valence-corrected chi connectivity index (χ2v) is 4.96. The molecule has 2 aromatic rings. The Hall–Kier alpha value is -1.58. The third kappa shape index (κ3) is 3.25. The van der Waals surface area contributed by atoms with Crippen LogP contribution in [0.4, 0.5) is 5.82 Å². The molecule has 2 rings (SSSR count). The van der Waals surface area contributed by atoms with Crippen molar-refractivity contribution in [2.45, 2.75) is 19.6 Å². The smallest absolute Gasteiger partial charge is 0.129 e. The Kier molecular flexibility index (Phi) is 4.40. The van der Waals surface area contributed by atoms with Gasteiger partial charge in [-0.05, 0) is 42.3 Å². The fourth-order valence-electron chi connectivity index (χ4n) is 1.92. The lowest BCUT2D eigenvalue weighted by molar-refractivity contribution is 0.281.